The first-order valence-electron chi connectivity index (χ1n) is 5.91. The maximum Gasteiger partial charge on any atom is 0.290 e. The topological polar surface area (TPSA) is 20.2 Å². The van der Waals surface area contributed by atoms with E-state index in [-0.39, 0.29) is 0 Å². The van der Waals surface area contributed by atoms with Gasteiger partial charge in [-0.15, -0.1) is 0 Å². The number of hydrogen-bond acceptors (Lipinski definition) is 1. The van der Waals surface area contributed by atoms with Gasteiger partial charge in [-0.2, -0.15) is 0 Å². The summed E-state index contributed by atoms with van der Waals surface area (Å²) in [6, 6.07) is 0. The van der Waals surface area contributed by atoms with E-state index in [2.05, 4.69) is 0 Å². The molecule has 0 aromatic rings. The normalized spacial score (nSPS) is 23.5. The highest BCUT2D eigenvalue weighted by atomic mass is 16.2. The van der Waals surface area contributed by atoms with Gasteiger partial charge in [-0.1, -0.05) is 64.2 Å². The Morgan fingerprint density at radius 1 is 0.692 bits per heavy atom. The van der Waals surface area contributed by atoms with E-state index in [1.165, 1.54) is 71.7 Å². The standard InChI is InChI=1S/C11H22BO/c13-12-11-9-7-5-3-1-2-4-6-8-10-11/h11,13H,1-10H2. The Hall–Kier alpha value is 0.0249. The second kappa shape index (κ2) is 7.43. The zero-order valence-electron chi connectivity index (χ0n) is 8.67. The lowest BCUT2D eigenvalue weighted by molar-refractivity contribution is 0.517. The van der Waals surface area contributed by atoms with Crippen molar-refractivity contribution in [2.24, 2.45) is 0 Å². The molecule has 1 rings (SSSR count). The highest BCUT2D eigenvalue weighted by Crippen LogP contribution is 2.23. The molecule has 2 heteroatoms. The van der Waals surface area contributed by atoms with Crippen molar-refractivity contribution < 1.29 is 5.02 Å². The minimum Gasteiger partial charge on any atom is -0.454 e. The average Bonchev–Trinajstić information content (AvgIpc) is 2.22. The van der Waals surface area contributed by atoms with Gasteiger partial charge in [-0.25, -0.2) is 0 Å². The van der Waals surface area contributed by atoms with E-state index in [0.29, 0.717) is 5.82 Å². The van der Waals surface area contributed by atoms with Crippen LogP contribution in [0.1, 0.15) is 64.2 Å². The lowest BCUT2D eigenvalue weighted by atomic mass is 9.74. The van der Waals surface area contributed by atoms with Gasteiger partial charge in [0.2, 0.25) is 0 Å². The molecular formula is C11H22BO. The molecule has 1 fully saturated rings. The predicted octanol–water partition coefficient (Wildman–Crippen LogP) is 3.30. The van der Waals surface area contributed by atoms with E-state index in [4.69, 9.17) is 5.02 Å². The van der Waals surface area contributed by atoms with E-state index >= 15 is 0 Å². The minimum absolute atomic E-state index is 0.484. The molecule has 0 saturated heterocycles. The Kier molecular flexibility index (Phi) is 6.35. The van der Waals surface area contributed by atoms with Crippen LogP contribution in [0.5, 0.6) is 0 Å². The fourth-order valence-corrected chi connectivity index (χ4v) is 2.17. The van der Waals surface area contributed by atoms with Crippen LogP contribution in [-0.4, -0.2) is 12.5 Å². The lowest BCUT2D eigenvalue weighted by Crippen LogP contribution is -2.03. The van der Waals surface area contributed by atoms with E-state index in [1.54, 1.807) is 0 Å². The van der Waals surface area contributed by atoms with Crippen LogP contribution in [0.25, 0.3) is 0 Å². The Labute approximate surface area is 83.2 Å². The van der Waals surface area contributed by atoms with Crippen molar-refractivity contribution in [3.8, 4) is 0 Å². The smallest absolute Gasteiger partial charge is 0.290 e. The van der Waals surface area contributed by atoms with Crippen molar-refractivity contribution in [3.63, 3.8) is 0 Å². The highest BCUT2D eigenvalue weighted by molar-refractivity contribution is 6.27. The van der Waals surface area contributed by atoms with Gasteiger partial charge in [0.15, 0.2) is 0 Å². The van der Waals surface area contributed by atoms with Crippen molar-refractivity contribution >= 4 is 7.48 Å². The molecule has 0 atom stereocenters. The molecule has 1 aliphatic carbocycles. The summed E-state index contributed by atoms with van der Waals surface area (Å²) in [5.41, 5.74) is 0. The molecule has 1 radical (unpaired) electrons. The number of hydrogen-bond donors (Lipinski definition) is 1. The van der Waals surface area contributed by atoms with Crippen LogP contribution in [0.4, 0.5) is 0 Å². The Bertz CT molecular complexity index is 105. The molecule has 1 N–H and O–H groups in total. The predicted molar refractivity (Wildman–Crippen MR) is 57.9 cm³/mol. The fraction of sp³-hybridized carbons (Fsp3) is 1.00. The zero-order valence-corrected chi connectivity index (χ0v) is 8.67. The Morgan fingerprint density at radius 2 is 1.08 bits per heavy atom. The first kappa shape index (κ1) is 11.1. The van der Waals surface area contributed by atoms with Crippen LogP contribution in [0.2, 0.25) is 5.82 Å². The van der Waals surface area contributed by atoms with Gasteiger partial charge in [0.25, 0.3) is 7.48 Å². The van der Waals surface area contributed by atoms with Crippen molar-refractivity contribution in [3.05, 3.63) is 0 Å². The van der Waals surface area contributed by atoms with Gasteiger partial charge in [0, 0.05) is 0 Å². The summed E-state index contributed by atoms with van der Waals surface area (Å²) in [5.74, 6) is 0.484. The maximum atomic E-state index is 9.02. The van der Waals surface area contributed by atoms with Gasteiger partial charge in [0.1, 0.15) is 0 Å². The van der Waals surface area contributed by atoms with Crippen molar-refractivity contribution in [2.45, 2.75) is 70.0 Å². The summed E-state index contributed by atoms with van der Waals surface area (Å²) in [6.07, 6.45) is 13.4. The maximum absolute atomic E-state index is 9.02. The van der Waals surface area contributed by atoms with E-state index in [9.17, 15) is 0 Å². The SMILES string of the molecule is O[B]C1CCCCCCCCCC1. The number of rotatable bonds is 1. The molecule has 0 aliphatic heterocycles. The quantitative estimate of drug-likeness (QED) is 0.615. The van der Waals surface area contributed by atoms with Crippen LogP contribution in [-0.2, 0) is 0 Å². The third-order valence-corrected chi connectivity index (χ3v) is 3.11. The molecule has 1 saturated carbocycles. The Morgan fingerprint density at radius 3 is 1.46 bits per heavy atom. The molecule has 1 nitrogen and oxygen atoms in total. The van der Waals surface area contributed by atoms with Crippen LogP contribution >= 0.6 is 0 Å². The molecule has 0 aromatic heterocycles. The summed E-state index contributed by atoms with van der Waals surface area (Å²) in [5, 5.41) is 9.02. The summed E-state index contributed by atoms with van der Waals surface area (Å²) in [7, 11) is 1.43. The third kappa shape index (κ3) is 5.35. The fourth-order valence-electron chi connectivity index (χ4n) is 2.17. The van der Waals surface area contributed by atoms with Gasteiger partial charge in [-0.05, 0) is 5.82 Å². The molecular weight excluding hydrogens is 159 g/mol. The minimum atomic E-state index is 0.484. The van der Waals surface area contributed by atoms with Gasteiger partial charge < -0.3 is 5.02 Å². The highest BCUT2D eigenvalue weighted by Gasteiger charge is 2.09. The summed E-state index contributed by atoms with van der Waals surface area (Å²) in [6.45, 7) is 0. The summed E-state index contributed by atoms with van der Waals surface area (Å²) in [4.78, 5) is 0. The van der Waals surface area contributed by atoms with E-state index < -0.39 is 0 Å². The van der Waals surface area contributed by atoms with Gasteiger partial charge in [-0.3, -0.25) is 0 Å². The lowest BCUT2D eigenvalue weighted by Gasteiger charge is -2.11. The second-order valence-corrected chi connectivity index (χ2v) is 4.31. The first-order chi connectivity index (χ1) is 6.43. The molecule has 0 bridgehead atoms. The van der Waals surface area contributed by atoms with Crippen molar-refractivity contribution in [2.75, 3.05) is 0 Å². The first-order valence-corrected chi connectivity index (χ1v) is 5.91. The van der Waals surface area contributed by atoms with Crippen LogP contribution in [0.15, 0.2) is 0 Å². The molecule has 75 valence electrons. The second-order valence-electron chi connectivity index (χ2n) is 4.31. The van der Waals surface area contributed by atoms with Crippen LogP contribution in [0, 0.1) is 0 Å². The van der Waals surface area contributed by atoms with Gasteiger partial charge >= 0.3 is 0 Å². The monoisotopic (exact) mass is 181 g/mol. The zero-order chi connectivity index (χ0) is 9.36. The van der Waals surface area contributed by atoms with Crippen LogP contribution < -0.4 is 0 Å². The van der Waals surface area contributed by atoms with Crippen molar-refractivity contribution in [1.29, 1.82) is 0 Å². The van der Waals surface area contributed by atoms with Crippen LogP contribution in [0.3, 0.4) is 0 Å². The molecule has 13 heavy (non-hydrogen) atoms. The molecule has 0 heterocycles. The third-order valence-electron chi connectivity index (χ3n) is 3.11. The Balaban J connectivity index is 2.18. The molecule has 0 amide bonds. The summed E-state index contributed by atoms with van der Waals surface area (Å²) >= 11 is 0. The average molecular weight is 181 g/mol. The molecule has 0 spiro atoms. The molecule has 1 aliphatic rings. The molecule has 0 unspecified atom stereocenters. The molecule has 0 aromatic carbocycles. The largest absolute Gasteiger partial charge is 0.454 e. The van der Waals surface area contributed by atoms with E-state index in [0.717, 1.165) is 0 Å². The van der Waals surface area contributed by atoms with Gasteiger partial charge in [0.05, 0.1) is 0 Å². The summed E-state index contributed by atoms with van der Waals surface area (Å²) < 4.78 is 0. The van der Waals surface area contributed by atoms with E-state index in [1.807, 2.05) is 0 Å². The van der Waals surface area contributed by atoms with Crippen molar-refractivity contribution in [1.82, 2.24) is 0 Å².